The van der Waals surface area contributed by atoms with Gasteiger partial charge in [-0.3, -0.25) is 0 Å². The number of aliphatic hydroxyl groups is 1. The molecule has 0 aliphatic rings. The fourth-order valence-corrected chi connectivity index (χ4v) is 3.39. The molecule has 0 aliphatic heterocycles. The molecule has 0 saturated heterocycles. The molecule has 0 unspecified atom stereocenters. The van der Waals surface area contributed by atoms with Gasteiger partial charge in [0, 0.05) is 5.69 Å². The summed E-state index contributed by atoms with van der Waals surface area (Å²) in [6.07, 6.45) is 0. The lowest BCUT2D eigenvalue weighted by Gasteiger charge is -2.27. The maximum atomic E-state index is 13.2. The number of carbonyl (C=O) groups excluding carboxylic acids is 1. The Bertz CT molecular complexity index is 1210. The number of carbonyl (C=O) groups is 1. The van der Waals surface area contributed by atoms with E-state index in [4.69, 9.17) is 10.5 Å². The maximum Gasteiger partial charge on any atom is 0.348 e. The van der Waals surface area contributed by atoms with Gasteiger partial charge in [0.25, 0.3) is 0 Å². The SMILES string of the molecule is Cc1ccccc1Nc1nc(N)nc(COC(=O)C(O)(c2ccccc2)c2ccccc2)n1. The summed E-state index contributed by atoms with van der Waals surface area (Å²) in [5.41, 5.74) is 6.42. The molecule has 1 heterocycles. The number of para-hydroxylation sites is 1. The smallest absolute Gasteiger partial charge is 0.348 e. The molecule has 4 N–H and O–H groups in total. The highest BCUT2D eigenvalue weighted by molar-refractivity contribution is 5.85. The van der Waals surface area contributed by atoms with Crippen LogP contribution >= 0.6 is 0 Å². The molecule has 0 radical (unpaired) electrons. The van der Waals surface area contributed by atoms with Crippen LogP contribution < -0.4 is 11.1 Å². The normalized spacial score (nSPS) is 11.1. The van der Waals surface area contributed by atoms with E-state index in [2.05, 4.69) is 20.3 Å². The van der Waals surface area contributed by atoms with E-state index in [0.29, 0.717) is 11.1 Å². The van der Waals surface area contributed by atoms with Crippen LogP contribution in [-0.4, -0.2) is 26.0 Å². The van der Waals surface area contributed by atoms with Crippen LogP contribution in [0.15, 0.2) is 84.9 Å². The van der Waals surface area contributed by atoms with E-state index < -0.39 is 11.6 Å². The van der Waals surface area contributed by atoms with Gasteiger partial charge in [-0.05, 0) is 29.7 Å². The number of aryl methyl sites for hydroxylation is 1. The highest BCUT2D eigenvalue weighted by atomic mass is 16.5. The first-order valence-corrected chi connectivity index (χ1v) is 10.3. The van der Waals surface area contributed by atoms with Crippen LogP contribution in [0.1, 0.15) is 22.5 Å². The van der Waals surface area contributed by atoms with Gasteiger partial charge < -0.3 is 20.9 Å². The summed E-state index contributed by atoms with van der Waals surface area (Å²) in [6.45, 7) is 1.65. The molecule has 33 heavy (non-hydrogen) atoms. The second kappa shape index (κ2) is 9.46. The van der Waals surface area contributed by atoms with E-state index in [1.807, 2.05) is 31.2 Å². The van der Waals surface area contributed by atoms with Crippen LogP contribution in [0, 0.1) is 6.92 Å². The number of nitrogens with zero attached hydrogens (tertiary/aromatic N) is 3. The van der Waals surface area contributed by atoms with Crippen molar-refractivity contribution in [3.63, 3.8) is 0 Å². The van der Waals surface area contributed by atoms with E-state index in [1.54, 1.807) is 60.7 Å². The molecule has 8 nitrogen and oxygen atoms in total. The molecule has 0 saturated carbocycles. The number of nitrogens with two attached hydrogens (primary N) is 1. The van der Waals surface area contributed by atoms with E-state index in [0.717, 1.165) is 11.3 Å². The van der Waals surface area contributed by atoms with Crippen molar-refractivity contribution in [1.82, 2.24) is 15.0 Å². The molecule has 166 valence electrons. The summed E-state index contributed by atoms with van der Waals surface area (Å²) < 4.78 is 5.46. The van der Waals surface area contributed by atoms with Crippen molar-refractivity contribution in [2.45, 2.75) is 19.1 Å². The Kier molecular flexibility index (Phi) is 6.28. The molecule has 0 amide bonds. The summed E-state index contributed by atoms with van der Waals surface area (Å²) in [7, 11) is 0. The Hall–Kier alpha value is -4.30. The Morgan fingerprint density at radius 1 is 0.909 bits per heavy atom. The molecule has 3 aromatic carbocycles. The summed E-state index contributed by atoms with van der Waals surface area (Å²) in [6, 6.07) is 24.9. The number of hydrogen-bond donors (Lipinski definition) is 3. The summed E-state index contributed by atoms with van der Waals surface area (Å²) in [5.74, 6) is -0.500. The van der Waals surface area contributed by atoms with Gasteiger partial charge in [-0.15, -0.1) is 0 Å². The minimum Gasteiger partial charge on any atom is -0.455 e. The third kappa shape index (κ3) is 4.81. The zero-order chi connectivity index (χ0) is 23.3. The van der Waals surface area contributed by atoms with Gasteiger partial charge >= 0.3 is 5.97 Å². The lowest BCUT2D eigenvalue weighted by atomic mass is 9.86. The van der Waals surface area contributed by atoms with Gasteiger partial charge in [0.05, 0.1) is 0 Å². The van der Waals surface area contributed by atoms with E-state index in [1.165, 1.54) is 0 Å². The Balaban J connectivity index is 1.57. The van der Waals surface area contributed by atoms with Crippen molar-refractivity contribution in [1.29, 1.82) is 0 Å². The predicted octanol–water partition coefficient (Wildman–Crippen LogP) is 3.49. The Morgan fingerprint density at radius 3 is 2.09 bits per heavy atom. The van der Waals surface area contributed by atoms with Crippen molar-refractivity contribution in [3.8, 4) is 0 Å². The molecule has 8 heteroatoms. The summed E-state index contributed by atoms with van der Waals surface area (Å²) in [4.78, 5) is 25.6. The van der Waals surface area contributed by atoms with Gasteiger partial charge in [-0.25, -0.2) is 4.79 Å². The third-order valence-corrected chi connectivity index (χ3v) is 5.10. The second-order valence-corrected chi connectivity index (χ2v) is 7.39. The molecular formula is C25H23N5O3. The lowest BCUT2D eigenvalue weighted by molar-refractivity contribution is -0.163. The van der Waals surface area contributed by atoms with Crippen LogP contribution in [0.2, 0.25) is 0 Å². The molecular weight excluding hydrogens is 418 g/mol. The molecule has 0 bridgehead atoms. The topological polar surface area (TPSA) is 123 Å². The number of ether oxygens (including phenoxy) is 1. The molecule has 0 atom stereocenters. The first-order chi connectivity index (χ1) is 16.0. The molecule has 0 fully saturated rings. The molecule has 1 aromatic heterocycles. The molecule has 0 aliphatic carbocycles. The Morgan fingerprint density at radius 2 is 1.48 bits per heavy atom. The molecule has 0 spiro atoms. The monoisotopic (exact) mass is 441 g/mol. The summed E-state index contributed by atoms with van der Waals surface area (Å²) in [5, 5.41) is 14.6. The first-order valence-electron chi connectivity index (χ1n) is 10.3. The lowest BCUT2D eigenvalue weighted by Crippen LogP contribution is -2.38. The first kappa shape index (κ1) is 21.9. The van der Waals surface area contributed by atoms with Crippen molar-refractivity contribution < 1.29 is 14.6 Å². The second-order valence-electron chi connectivity index (χ2n) is 7.39. The van der Waals surface area contributed by atoms with Gasteiger partial charge in [-0.1, -0.05) is 78.9 Å². The van der Waals surface area contributed by atoms with Gasteiger partial charge in [0.2, 0.25) is 17.5 Å². The standard InChI is InChI=1S/C25H23N5O3/c1-17-10-8-9-15-20(17)27-24-29-21(28-23(26)30-24)16-33-22(31)25(32,18-11-4-2-5-12-18)19-13-6-3-7-14-19/h2-15,32H,16H2,1H3,(H3,26,27,28,29,30). The van der Waals surface area contributed by atoms with Crippen LogP contribution in [0.3, 0.4) is 0 Å². The quantitative estimate of drug-likeness (QED) is 0.373. The third-order valence-electron chi connectivity index (χ3n) is 5.10. The van der Waals surface area contributed by atoms with Crippen LogP contribution in [0.4, 0.5) is 17.6 Å². The van der Waals surface area contributed by atoms with Crippen LogP contribution in [0.25, 0.3) is 0 Å². The number of aromatic nitrogens is 3. The largest absolute Gasteiger partial charge is 0.455 e. The van der Waals surface area contributed by atoms with Crippen molar-refractivity contribution >= 4 is 23.6 Å². The van der Waals surface area contributed by atoms with Gasteiger partial charge in [0.1, 0.15) is 0 Å². The average Bonchev–Trinajstić information content (AvgIpc) is 2.84. The van der Waals surface area contributed by atoms with E-state index >= 15 is 0 Å². The zero-order valence-corrected chi connectivity index (χ0v) is 18.0. The van der Waals surface area contributed by atoms with Crippen molar-refractivity contribution in [2.24, 2.45) is 0 Å². The van der Waals surface area contributed by atoms with Crippen LogP contribution in [0.5, 0.6) is 0 Å². The number of nitrogens with one attached hydrogen (secondary N) is 1. The van der Waals surface area contributed by atoms with Crippen molar-refractivity contribution in [3.05, 3.63) is 107 Å². The van der Waals surface area contributed by atoms with Crippen LogP contribution in [-0.2, 0) is 21.7 Å². The fraction of sp³-hybridized carbons (Fsp3) is 0.120. The number of benzene rings is 3. The predicted molar refractivity (Wildman–Crippen MR) is 124 cm³/mol. The maximum absolute atomic E-state index is 13.2. The number of rotatable bonds is 7. The molecule has 4 rings (SSSR count). The fourth-order valence-electron chi connectivity index (χ4n) is 3.39. The number of hydrogen-bond acceptors (Lipinski definition) is 8. The number of esters is 1. The van der Waals surface area contributed by atoms with Crippen molar-refractivity contribution in [2.75, 3.05) is 11.1 Å². The zero-order valence-electron chi connectivity index (χ0n) is 18.0. The van der Waals surface area contributed by atoms with E-state index in [9.17, 15) is 9.90 Å². The van der Waals surface area contributed by atoms with Gasteiger partial charge in [-0.2, -0.15) is 15.0 Å². The minimum absolute atomic E-state index is 0.0199. The highest BCUT2D eigenvalue weighted by Gasteiger charge is 2.41. The number of nitrogen functional groups attached to an aromatic ring is 1. The highest BCUT2D eigenvalue weighted by Crippen LogP contribution is 2.31. The average molecular weight is 441 g/mol. The Labute approximate surface area is 191 Å². The molecule has 4 aromatic rings. The van der Waals surface area contributed by atoms with E-state index in [-0.39, 0.29) is 24.3 Å². The number of anilines is 3. The summed E-state index contributed by atoms with van der Waals surface area (Å²) >= 11 is 0. The van der Waals surface area contributed by atoms with Gasteiger partial charge in [0.15, 0.2) is 12.4 Å². The minimum atomic E-state index is -2.00.